The smallest absolute Gasteiger partial charge is 0.372 e. The fourth-order valence-corrected chi connectivity index (χ4v) is 3.69. The van der Waals surface area contributed by atoms with Gasteiger partial charge in [0.25, 0.3) is 17.9 Å². The van der Waals surface area contributed by atoms with Crippen molar-refractivity contribution in [2.45, 2.75) is 37.7 Å². The Morgan fingerprint density at radius 3 is 2.37 bits per heavy atom. The number of hydrogen-bond acceptors (Lipinski definition) is 5. The molecule has 1 aromatic carbocycles. The largest absolute Gasteiger partial charge is 0.437 e. The fourth-order valence-electron chi connectivity index (χ4n) is 3.47. The monoisotopic (exact) mass is 572 g/mol. The summed E-state index contributed by atoms with van der Waals surface area (Å²) >= 11 is 5.74. The molecule has 3 rings (SSSR count). The van der Waals surface area contributed by atoms with Crippen molar-refractivity contribution >= 4 is 29.1 Å². The second-order valence-electron chi connectivity index (χ2n) is 8.13. The van der Waals surface area contributed by atoms with E-state index in [2.05, 4.69) is 15.5 Å². The van der Waals surface area contributed by atoms with Crippen LogP contribution < -0.4 is 10.6 Å². The van der Waals surface area contributed by atoms with E-state index in [1.165, 1.54) is 25.1 Å². The molecular formula is C22H17ClF8N4O3. The molecule has 2 heterocycles. The van der Waals surface area contributed by atoms with Gasteiger partial charge in [-0.15, -0.1) is 0 Å². The Hall–Kier alpha value is -3.49. The number of carbonyl (C=O) groups excluding carboxylic acids is 2. The molecule has 0 fully saturated rings. The summed E-state index contributed by atoms with van der Waals surface area (Å²) in [5.41, 5.74) is -5.02. The number of rotatable bonds is 7. The highest BCUT2D eigenvalue weighted by Gasteiger charge is 2.63. The van der Waals surface area contributed by atoms with Crippen LogP contribution in [-0.4, -0.2) is 48.0 Å². The zero-order chi connectivity index (χ0) is 28.5. The zero-order valence-corrected chi connectivity index (χ0v) is 19.9. The van der Waals surface area contributed by atoms with Gasteiger partial charge < -0.3 is 15.5 Å². The normalized spacial score (nSPS) is 17.7. The van der Waals surface area contributed by atoms with Crippen LogP contribution >= 0.6 is 11.6 Å². The highest BCUT2D eigenvalue weighted by Crippen LogP contribution is 2.49. The van der Waals surface area contributed by atoms with E-state index in [-0.39, 0.29) is 22.4 Å². The van der Waals surface area contributed by atoms with Gasteiger partial charge in [-0.1, -0.05) is 22.8 Å². The van der Waals surface area contributed by atoms with E-state index < -0.39 is 72.1 Å². The molecule has 0 saturated carbocycles. The highest BCUT2D eigenvalue weighted by atomic mass is 35.5. The first kappa shape index (κ1) is 29.1. The number of amides is 2. The summed E-state index contributed by atoms with van der Waals surface area (Å²) in [6.45, 7) is -0.909. The molecule has 1 aliphatic rings. The van der Waals surface area contributed by atoms with Crippen LogP contribution in [-0.2, 0) is 15.2 Å². The number of nitrogens with zero attached hydrogens (tertiary/aromatic N) is 2. The van der Waals surface area contributed by atoms with E-state index >= 15 is 0 Å². The van der Waals surface area contributed by atoms with Crippen molar-refractivity contribution in [2.24, 2.45) is 5.16 Å². The number of oxime groups is 1. The van der Waals surface area contributed by atoms with Gasteiger partial charge in [-0.3, -0.25) is 9.59 Å². The Morgan fingerprint density at radius 2 is 1.79 bits per heavy atom. The van der Waals surface area contributed by atoms with Crippen molar-refractivity contribution in [1.82, 2.24) is 15.6 Å². The molecule has 38 heavy (non-hydrogen) atoms. The molecule has 16 heteroatoms. The lowest BCUT2D eigenvalue weighted by atomic mass is 9.89. The second kappa shape index (κ2) is 10.7. The first-order chi connectivity index (χ1) is 17.5. The number of nitrogens with one attached hydrogen (secondary N) is 2. The summed E-state index contributed by atoms with van der Waals surface area (Å²) in [6, 6.07) is 5.21. The van der Waals surface area contributed by atoms with Gasteiger partial charge in [0.1, 0.15) is 12.2 Å². The third-order valence-electron chi connectivity index (χ3n) is 5.33. The lowest BCUT2D eigenvalue weighted by Gasteiger charge is -2.28. The van der Waals surface area contributed by atoms with Crippen molar-refractivity contribution in [3.8, 4) is 0 Å². The van der Waals surface area contributed by atoms with Crippen LogP contribution in [0.15, 0.2) is 35.5 Å². The van der Waals surface area contributed by atoms with Crippen molar-refractivity contribution in [1.29, 1.82) is 0 Å². The quantitative estimate of drug-likeness (QED) is 0.458. The Balaban J connectivity index is 1.78. The zero-order valence-electron chi connectivity index (χ0n) is 19.1. The number of benzene rings is 1. The van der Waals surface area contributed by atoms with E-state index in [0.717, 1.165) is 12.1 Å². The van der Waals surface area contributed by atoms with Gasteiger partial charge in [0, 0.05) is 10.6 Å². The Bertz CT molecular complexity index is 1270. The summed E-state index contributed by atoms with van der Waals surface area (Å²) < 4.78 is 105. The lowest BCUT2D eigenvalue weighted by molar-refractivity contribution is -0.277. The second-order valence-corrected chi connectivity index (χ2v) is 8.57. The van der Waals surface area contributed by atoms with E-state index in [1.807, 2.05) is 0 Å². The summed E-state index contributed by atoms with van der Waals surface area (Å²) in [7, 11) is 0. The maximum atomic E-state index is 14.2. The number of halogens is 9. The van der Waals surface area contributed by atoms with Crippen LogP contribution in [0.3, 0.4) is 0 Å². The van der Waals surface area contributed by atoms with E-state index in [0.29, 0.717) is 0 Å². The van der Waals surface area contributed by atoms with Gasteiger partial charge in [-0.2, -0.15) is 26.3 Å². The number of aromatic nitrogens is 1. The predicted octanol–water partition coefficient (Wildman–Crippen LogP) is 4.97. The average Bonchev–Trinajstić information content (AvgIpc) is 3.27. The maximum absolute atomic E-state index is 14.2. The minimum Gasteiger partial charge on any atom is -0.372 e. The lowest BCUT2D eigenvalue weighted by Crippen LogP contribution is -2.43. The van der Waals surface area contributed by atoms with Crippen molar-refractivity contribution < 1.29 is 49.5 Å². The van der Waals surface area contributed by atoms with Gasteiger partial charge >= 0.3 is 12.4 Å². The Morgan fingerprint density at radius 1 is 1.11 bits per heavy atom. The molecule has 1 aromatic heterocycles. The summed E-state index contributed by atoms with van der Waals surface area (Å²) in [6.07, 6.45) is -13.9. The SMILES string of the molecule is Cc1cc(C2=NOC(c3cc(Cl)cc(C(F)F)n3)(C(F)(F)F)C2)ccc1C(=O)NCC(=O)NCC(F)(F)F. The molecule has 0 radical (unpaired) electrons. The first-order valence-electron chi connectivity index (χ1n) is 10.5. The first-order valence-corrected chi connectivity index (χ1v) is 10.9. The molecule has 206 valence electrons. The van der Waals surface area contributed by atoms with E-state index in [4.69, 9.17) is 16.4 Å². The molecule has 2 N–H and O–H groups in total. The molecule has 1 atom stereocenters. The Kier molecular flexibility index (Phi) is 8.19. The van der Waals surface area contributed by atoms with Gasteiger partial charge in [0.05, 0.1) is 24.4 Å². The molecule has 1 aliphatic heterocycles. The van der Waals surface area contributed by atoms with Crippen LogP contribution in [0, 0.1) is 6.92 Å². The third kappa shape index (κ3) is 6.49. The molecule has 1 unspecified atom stereocenters. The van der Waals surface area contributed by atoms with E-state index in [1.54, 1.807) is 5.32 Å². The third-order valence-corrected chi connectivity index (χ3v) is 5.55. The highest BCUT2D eigenvalue weighted by molar-refractivity contribution is 6.30. The number of hydrogen-bond donors (Lipinski definition) is 2. The summed E-state index contributed by atoms with van der Waals surface area (Å²) in [5.74, 6) is -1.91. The van der Waals surface area contributed by atoms with Crippen LogP contribution in [0.25, 0.3) is 0 Å². The molecule has 2 amide bonds. The fraction of sp³-hybridized carbons (Fsp3) is 0.364. The average molecular weight is 573 g/mol. The molecular weight excluding hydrogens is 556 g/mol. The minimum atomic E-state index is -5.14. The minimum absolute atomic E-state index is 0.0166. The van der Waals surface area contributed by atoms with Crippen LogP contribution in [0.1, 0.15) is 45.7 Å². The van der Waals surface area contributed by atoms with Gasteiger partial charge in [-0.05, 0) is 42.3 Å². The van der Waals surface area contributed by atoms with Crippen LogP contribution in [0.4, 0.5) is 35.1 Å². The molecule has 2 aromatic rings. The van der Waals surface area contributed by atoms with Gasteiger partial charge in [-0.25, -0.2) is 13.8 Å². The topological polar surface area (TPSA) is 92.7 Å². The molecule has 7 nitrogen and oxygen atoms in total. The Labute approximate surface area is 214 Å². The maximum Gasteiger partial charge on any atom is 0.437 e. The number of alkyl halides is 8. The number of pyridine rings is 1. The predicted molar refractivity (Wildman–Crippen MR) is 117 cm³/mol. The number of carbonyl (C=O) groups is 2. The van der Waals surface area contributed by atoms with Crippen molar-refractivity contribution in [2.75, 3.05) is 13.1 Å². The summed E-state index contributed by atoms with van der Waals surface area (Å²) in [5, 5.41) is 6.81. The van der Waals surface area contributed by atoms with Gasteiger partial charge in [0.15, 0.2) is 0 Å². The summed E-state index contributed by atoms with van der Waals surface area (Å²) in [4.78, 5) is 32.0. The molecule has 0 aliphatic carbocycles. The molecule has 0 saturated heterocycles. The van der Waals surface area contributed by atoms with Gasteiger partial charge in [0.2, 0.25) is 5.91 Å². The standard InChI is InChI=1S/C22H17ClF8N4O3/c1-10-4-11(2-3-13(10)19(37)32-8-17(36)33-9-21(26,27)28)15-7-20(38-35-15,22(29,30)31)16-6-12(23)5-14(34-16)18(24)25/h2-6,18H,7-9H2,1H3,(H,32,37)(H,33,36). The van der Waals surface area contributed by atoms with Crippen LogP contribution in [0.5, 0.6) is 0 Å². The van der Waals surface area contributed by atoms with Crippen molar-refractivity contribution in [3.63, 3.8) is 0 Å². The van der Waals surface area contributed by atoms with Crippen LogP contribution in [0.2, 0.25) is 5.02 Å². The molecule has 0 bridgehead atoms. The molecule has 0 spiro atoms. The van der Waals surface area contributed by atoms with E-state index in [9.17, 15) is 44.7 Å². The van der Waals surface area contributed by atoms with Crippen molar-refractivity contribution in [3.05, 3.63) is 63.4 Å². The number of aryl methyl sites for hydroxylation is 1.